The van der Waals surface area contributed by atoms with Gasteiger partial charge in [0.25, 0.3) is 5.79 Å². The fourth-order valence-corrected chi connectivity index (χ4v) is 3.31. The molecule has 0 spiro atoms. The van der Waals surface area contributed by atoms with E-state index < -0.39 is 64.4 Å². The van der Waals surface area contributed by atoms with Crippen LogP contribution in [0.5, 0.6) is 0 Å². The highest BCUT2D eigenvalue weighted by atomic mass is 16.7. The summed E-state index contributed by atoms with van der Waals surface area (Å²) in [7, 11) is 0. The zero-order chi connectivity index (χ0) is 21.6. The highest BCUT2D eigenvalue weighted by Crippen LogP contribution is 2.50. The summed E-state index contributed by atoms with van der Waals surface area (Å²) in [5.74, 6) is -10.3. The van der Waals surface area contributed by atoms with Crippen molar-refractivity contribution in [3.63, 3.8) is 0 Å². The molecule has 11 nitrogen and oxygen atoms in total. The van der Waals surface area contributed by atoms with Gasteiger partial charge in [0.15, 0.2) is 28.7 Å². The van der Waals surface area contributed by atoms with Crippen LogP contribution in [0.25, 0.3) is 0 Å². The number of carbonyl (C=O) groups is 5. The molecule has 0 aliphatic carbocycles. The van der Waals surface area contributed by atoms with E-state index in [1.165, 1.54) is 0 Å². The molecule has 27 heavy (non-hydrogen) atoms. The van der Waals surface area contributed by atoms with Crippen LogP contribution < -0.4 is 0 Å². The van der Waals surface area contributed by atoms with Gasteiger partial charge in [0, 0.05) is 13.8 Å². The first-order chi connectivity index (χ1) is 12.0. The molecule has 0 amide bonds. The van der Waals surface area contributed by atoms with Gasteiger partial charge >= 0.3 is 5.97 Å². The minimum Gasteiger partial charge on any atom is -0.463 e. The first kappa shape index (κ1) is 23.0. The number of carbonyl (C=O) groups excluding carboxylic acids is 5. The third kappa shape index (κ3) is 2.74. The summed E-state index contributed by atoms with van der Waals surface area (Å²) in [5.41, 5.74) is -10.8. The fraction of sp³-hybridized carbons (Fsp3) is 0.688. The Morgan fingerprint density at radius 1 is 0.778 bits per heavy atom. The van der Waals surface area contributed by atoms with Gasteiger partial charge in [0.05, 0.1) is 0 Å². The van der Waals surface area contributed by atoms with Crippen molar-refractivity contribution in [1.29, 1.82) is 0 Å². The molecule has 152 valence electrons. The number of ether oxygens (including phenoxy) is 2. The van der Waals surface area contributed by atoms with Crippen molar-refractivity contribution < 1.29 is 53.9 Å². The van der Waals surface area contributed by atoms with Crippen LogP contribution in [0, 0.1) is 0 Å². The Hall–Kier alpha value is -2.05. The van der Waals surface area contributed by atoms with Crippen molar-refractivity contribution >= 4 is 29.1 Å². The van der Waals surface area contributed by atoms with Gasteiger partial charge < -0.3 is 29.9 Å². The molecule has 1 saturated heterocycles. The van der Waals surface area contributed by atoms with E-state index in [1.807, 2.05) is 0 Å². The predicted octanol–water partition coefficient (Wildman–Crippen LogP) is -2.81. The van der Waals surface area contributed by atoms with Crippen LogP contribution in [-0.4, -0.2) is 84.8 Å². The monoisotopic (exact) mass is 390 g/mol. The third-order valence-electron chi connectivity index (χ3n) is 4.82. The Bertz CT molecular complexity index is 715. The number of hydrogen-bond donors (Lipinski definition) is 4. The maximum atomic E-state index is 12.3. The van der Waals surface area contributed by atoms with Gasteiger partial charge in [-0.25, -0.2) is 0 Å². The summed E-state index contributed by atoms with van der Waals surface area (Å²) >= 11 is 0. The lowest BCUT2D eigenvalue weighted by Gasteiger charge is -2.59. The van der Waals surface area contributed by atoms with E-state index in [0.29, 0.717) is 27.7 Å². The minimum absolute atomic E-state index is 0.609. The molecule has 11 heteroatoms. The Labute approximate surface area is 153 Å². The number of ketones is 4. The van der Waals surface area contributed by atoms with E-state index in [2.05, 4.69) is 4.74 Å². The normalized spacial score (nSPS) is 38.8. The van der Waals surface area contributed by atoms with Gasteiger partial charge in [0.1, 0.15) is 12.7 Å². The minimum atomic E-state index is -3.75. The van der Waals surface area contributed by atoms with Gasteiger partial charge in [-0.1, -0.05) is 0 Å². The number of Topliss-reactive ketones (excluding diaryl/α,β-unsaturated/α-hetero) is 4. The van der Waals surface area contributed by atoms with E-state index in [9.17, 15) is 44.4 Å². The molecular weight excluding hydrogens is 368 g/mol. The van der Waals surface area contributed by atoms with Crippen LogP contribution in [0.15, 0.2) is 0 Å². The van der Waals surface area contributed by atoms with E-state index in [1.54, 1.807) is 0 Å². The van der Waals surface area contributed by atoms with Crippen LogP contribution in [-0.2, 0) is 33.4 Å². The highest BCUT2D eigenvalue weighted by molar-refractivity contribution is 6.08. The molecular formula is C16H22O11. The molecule has 1 heterocycles. The lowest BCUT2D eigenvalue weighted by atomic mass is 9.57. The van der Waals surface area contributed by atoms with Gasteiger partial charge in [-0.3, -0.25) is 24.0 Å². The maximum absolute atomic E-state index is 12.3. The van der Waals surface area contributed by atoms with E-state index >= 15 is 0 Å². The lowest BCUT2D eigenvalue weighted by molar-refractivity contribution is -0.390. The van der Waals surface area contributed by atoms with E-state index in [0.717, 1.165) is 6.92 Å². The summed E-state index contributed by atoms with van der Waals surface area (Å²) in [6.45, 7) is 2.57. The number of hydrogen-bond acceptors (Lipinski definition) is 11. The largest absolute Gasteiger partial charge is 0.463 e. The van der Waals surface area contributed by atoms with Crippen molar-refractivity contribution in [3.05, 3.63) is 0 Å². The zero-order valence-electron chi connectivity index (χ0n) is 15.4. The summed E-state index contributed by atoms with van der Waals surface area (Å²) in [6, 6.07) is 0. The maximum Gasteiger partial charge on any atom is 0.302 e. The Balaban J connectivity index is 3.96. The molecule has 0 radical (unpaired) electrons. The molecule has 0 aromatic heterocycles. The van der Waals surface area contributed by atoms with Gasteiger partial charge in [-0.2, -0.15) is 0 Å². The first-order valence-electron chi connectivity index (χ1n) is 7.79. The second-order valence-electron chi connectivity index (χ2n) is 6.47. The summed E-state index contributed by atoms with van der Waals surface area (Å²) in [4.78, 5) is 59.8. The molecule has 5 atom stereocenters. The number of rotatable bonds is 6. The molecule has 0 bridgehead atoms. The number of aliphatic hydroxyl groups is 4. The van der Waals surface area contributed by atoms with Crippen LogP contribution in [0.2, 0.25) is 0 Å². The molecule has 1 fully saturated rings. The van der Waals surface area contributed by atoms with Crippen molar-refractivity contribution in [1.82, 2.24) is 0 Å². The molecule has 0 unspecified atom stereocenters. The van der Waals surface area contributed by atoms with Crippen LogP contribution in [0.4, 0.5) is 0 Å². The number of esters is 1. The van der Waals surface area contributed by atoms with Crippen molar-refractivity contribution in [2.75, 3.05) is 6.61 Å². The van der Waals surface area contributed by atoms with Crippen LogP contribution in [0.1, 0.15) is 34.6 Å². The van der Waals surface area contributed by atoms with Crippen molar-refractivity contribution in [2.24, 2.45) is 0 Å². The predicted molar refractivity (Wildman–Crippen MR) is 84.0 cm³/mol. The average molecular weight is 390 g/mol. The summed E-state index contributed by atoms with van der Waals surface area (Å²) in [6.07, 6.45) is -2.18. The van der Waals surface area contributed by atoms with Crippen molar-refractivity contribution in [3.8, 4) is 0 Å². The Morgan fingerprint density at radius 2 is 1.22 bits per heavy atom. The summed E-state index contributed by atoms with van der Waals surface area (Å²) in [5, 5.41) is 43.5. The first-order valence-corrected chi connectivity index (χ1v) is 7.79. The molecule has 0 aromatic carbocycles. The lowest BCUT2D eigenvalue weighted by Crippen LogP contribution is -2.90. The van der Waals surface area contributed by atoms with Crippen LogP contribution in [0.3, 0.4) is 0 Å². The molecule has 4 N–H and O–H groups in total. The molecule has 1 aliphatic rings. The molecule has 0 saturated carbocycles. The Kier molecular flexibility index (Phi) is 5.82. The second-order valence-corrected chi connectivity index (χ2v) is 6.47. The third-order valence-corrected chi connectivity index (χ3v) is 4.82. The Morgan fingerprint density at radius 3 is 1.52 bits per heavy atom. The zero-order valence-corrected chi connectivity index (χ0v) is 15.4. The smallest absolute Gasteiger partial charge is 0.302 e. The van der Waals surface area contributed by atoms with Gasteiger partial charge in [0.2, 0.25) is 11.2 Å². The second kappa shape index (κ2) is 6.84. The SMILES string of the molecule is CC(=O)OC[C@H]1O[C@@](O)(C(C)=O)[C@](O)(C(C)=O)[C@](O)(C(C)=O)[C@@]1(O)C(C)=O. The average Bonchev–Trinajstić information content (AvgIpc) is 2.53. The standard InChI is InChI=1S/C16H22O11/c1-7(17)13(22)12(6-26-11(5)21)27-16(25,10(4)20)15(24,9(3)19)14(13,23)8(2)18/h12,22-25H,6H2,1-5H3/t12-,13-,14+,15+,16+/m1/s1. The summed E-state index contributed by atoms with van der Waals surface area (Å²) < 4.78 is 9.57. The molecule has 1 aliphatic heterocycles. The fourth-order valence-electron chi connectivity index (χ4n) is 3.31. The van der Waals surface area contributed by atoms with Gasteiger partial charge in [-0.05, 0) is 20.8 Å². The quantitative estimate of drug-likeness (QED) is 0.343. The molecule has 1 rings (SSSR count). The van der Waals surface area contributed by atoms with Gasteiger partial charge in [-0.15, -0.1) is 0 Å². The highest BCUT2D eigenvalue weighted by Gasteiger charge is 2.83. The van der Waals surface area contributed by atoms with Crippen molar-refractivity contribution in [2.45, 2.75) is 63.3 Å². The van der Waals surface area contributed by atoms with Crippen LogP contribution >= 0.6 is 0 Å². The topological polar surface area (TPSA) is 185 Å². The van der Waals surface area contributed by atoms with E-state index in [-0.39, 0.29) is 0 Å². The molecule has 0 aromatic rings. The van der Waals surface area contributed by atoms with E-state index in [4.69, 9.17) is 4.74 Å².